The molecule has 0 bridgehead atoms. The van der Waals surface area contributed by atoms with E-state index in [1.54, 1.807) is 12.3 Å². The van der Waals surface area contributed by atoms with Gasteiger partial charge in [0.1, 0.15) is 12.5 Å². The van der Waals surface area contributed by atoms with Gasteiger partial charge in [-0.1, -0.05) is 31.8 Å². The maximum absolute atomic E-state index is 14.4. The molecule has 1 aromatic heterocycles. The highest BCUT2D eigenvalue weighted by Gasteiger charge is 2.38. The molecular formula is C24H36FN5O2Si. The lowest BCUT2D eigenvalue weighted by Crippen LogP contribution is -2.52. The Morgan fingerprint density at radius 2 is 1.97 bits per heavy atom. The Bertz CT molecular complexity index is 977. The summed E-state index contributed by atoms with van der Waals surface area (Å²) in [5.74, 6) is -0.180. The minimum Gasteiger partial charge on any atom is -0.369 e. The van der Waals surface area contributed by atoms with Crippen molar-refractivity contribution >= 4 is 25.5 Å². The van der Waals surface area contributed by atoms with Gasteiger partial charge in [-0.2, -0.15) is 5.10 Å². The van der Waals surface area contributed by atoms with Gasteiger partial charge in [0.15, 0.2) is 0 Å². The minimum absolute atomic E-state index is 0.0882. The van der Waals surface area contributed by atoms with Crippen LogP contribution in [0, 0.1) is 12.7 Å². The van der Waals surface area contributed by atoms with Gasteiger partial charge < -0.3 is 19.9 Å². The molecule has 1 N–H and O–H groups in total. The van der Waals surface area contributed by atoms with Crippen LogP contribution in [0.15, 0.2) is 24.4 Å². The van der Waals surface area contributed by atoms with Gasteiger partial charge in [-0.25, -0.2) is 13.9 Å². The number of fused-ring (bicyclic) bond motifs is 1. The van der Waals surface area contributed by atoms with Crippen LogP contribution in [0.3, 0.4) is 0 Å². The number of nitrogens with one attached hydrogen (secondary N) is 1. The molecule has 7 nitrogen and oxygen atoms in total. The molecule has 4 rings (SSSR count). The molecule has 9 heteroatoms. The van der Waals surface area contributed by atoms with E-state index >= 15 is 0 Å². The van der Waals surface area contributed by atoms with E-state index in [1.807, 2.05) is 22.6 Å². The molecule has 1 atom stereocenters. The summed E-state index contributed by atoms with van der Waals surface area (Å²) in [6.45, 7) is 13.6. The molecule has 180 valence electrons. The zero-order valence-electron chi connectivity index (χ0n) is 20.4. The largest absolute Gasteiger partial charge is 0.369 e. The summed E-state index contributed by atoms with van der Waals surface area (Å²) < 4.78 is 22.2. The molecule has 1 saturated heterocycles. The number of hydrogen-bond donors (Lipinski definition) is 1. The molecule has 2 aliphatic heterocycles. The average Bonchev–Trinajstić information content (AvgIpc) is 3.14. The molecule has 1 aromatic carbocycles. The third-order valence-electron chi connectivity index (χ3n) is 6.74. The van der Waals surface area contributed by atoms with E-state index < -0.39 is 8.07 Å². The lowest BCUT2D eigenvalue weighted by Gasteiger charge is -2.44. The number of nitrogens with zero attached hydrogens (tertiary/aromatic N) is 4. The van der Waals surface area contributed by atoms with Crippen LogP contribution in [0.25, 0.3) is 0 Å². The number of anilines is 2. The Morgan fingerprint density at radius 1 is 1.24 bits per heavy atom. The first-order chi connectivity index (χ1) is 15.7. The van der Waals surface area contributed by atoms with E-state index in [0.717, 1.165) is 55.5 Å². The van der Waals surface area contributed by atoms with E-state index in [2.05, 4.69) is 41.9 Å². The van der Waals surface area contributed by atoms with Crippen LogP contribution in [0.2, 0.25) is 25.7 Å². The Balaban J connectivity index is 1.43. The third-order valence-corrected chi connectivity index (χ3v) is 8.45. The van der Waals surface area contributed by atoms with E-state index in [4.69, 9.17) is 4.74 Å². The summed E-state index contributed by atoms with van der Waals surface area (Å²) in [5, 5.41) is 7.49. The second-order valence-electron chi connectivity index (χ2n) is 10.4. The maximum Gasteiger partial charge on any atom is 0.322 e. The Hall–Kier alpha value is -2.39. The Labute approximate surface area is 196 Å². The van der Waals surface area contributed by atoms with Gasteiger partial charge in [0.25, 0.3) is 0 Å². The van der Waals surface area contributed by atoms with Crippen molar-refractivity contribution in [3.05, 3.63) is 41.5 Å². The number of para-hydroxylation sites is 1. The first-order valence-corrected chi connectivity index (χ1v) is 15.6. The van der Waals surface area contributed by atoms with Gasteiger partial charge in [-0.15, -0.1) is 0 Å². The summed E-state index contributed by atoms with van der Waals surface area (Å²) in [4.78, 5) is 17.0. The molecule has 0 spiro atoms. The quantitative estimate of drug-likeness (QED) is 0.442. The number of carbonyl (C=O) groups excluding carboxylic acids is 1. The van der Waals surface area contributed by atoms with Crippen LogP contribution in [-0.2, 0) is 11.5 Å². The van der Waals surface area contributed by atoms with Gasteiger partial charge in [0.05, 0.1) is 29.3 Å². The molecule has 33 heavy (non-hydrogen) atoms. The van der Waals surface area contributed by atoms with Crippen LogP contribution >= 0.6 is 0 Å². The van der Waals surface area contributed by atoms with Gasteiger partial charge >= 0.3 is 6.03 Å². The minimum atomic E-state index is -1.15. The van der Waals surface area contributed by atoms with E-state index in [1.165, 1.54) is 6.07 Å². The number of halogens is 1. The zero-order valence-corrected chi connectivity index (χ0v) is 21.4. The van der Waals surface area contributed by atoms with Crippen molar-refractivity contribution in [1.82, 2.24) is 14.7 Å². The number of ether oxygens (including phenoxy) is 1. The number of hydrogen-bond acceptors (Lipinski definition) is 4. The van der Waals surface area contributed by atoms with Crippen molar-refractivity contribution in [3.8, 4) is 0 Å². The van der Waals surface area contributed by atoms with Crippen LogP contribution in [0.5, 0.6) is 0 Å². The van der Waals surface area contributed by atoms with Crippen LogP contribution in [0.4, 0.5) is 20.6 Å². The number of benzene rings is 1. The molecule has 0 aliphatic carbocycles. The van der Waals surface area contributed by atoms with Crippen LogP contribution < -0.4 is 10.2 Å². The topological polar surface area (TPSA) is 62.6 Å². The second kappa shape index (κ2) is 9.46. The first kappa shape index (κ1) is 23.8. The highest BCUT2D eigenvalue weighted by molar-refractivity contribution is 6.76. The summed E-state index contributed by atoms with van der Waals surface area (Å²) in [6, 6.07) is 6.21. The van der Waals surface area contributed by atoms with E-state index in [-0.39, 0.29) is 23.9 Å². The fourth-order valence-corrected chi connectivity index (χ4v) is 5.68. The van der Waals surface area contributed by atoms with E-state index in [0.29, 0.717) is 12.4 Å². The Morgan fingerprint density at radius 3 is 2.64 bits per heavy atom. The van der Waals surface area contributed by atoms with E-state index in [9.17, 15) is 9.18 Å². The summed E-state index contributed by atoms with van der Waals surface area (Å²) in [6.07, 6.45) is 3.30. The van der Waals surface area contributed by atoms with Crippen molar-refractivity contribution in [3.63, 3.8) is 0 Å². The predicted octanol–water partition coefficient (Wildman–Crippen LogP) is 5.22. The number of carbonyl (C=O) groups is 1. The number of aryl methyl sites for hydroxylation is 1. The van der Waals surface area contributed by atoms with Gasteiger partial charge in [-0.3, -0.25) is 0 Å². The highest BCUT2D eigenvalue weighted by Crippen LogP contribution is 2.37. The maximum atomic E-state index is 14.4. The molecule has 2 amide bonds. The fraction of sp³-hybridized carbons (Fsp3) is 0.583. The van der Waals surface area contributed by atoms with Crippen molar-refractivity contribution in [2.45, 2.75) is 71.2 Å². The molecule has 1 unspecified atom stereocenters. The summed E-state index contributed by atoms with van der Waals surface area (Å²) in [5.41, 5.74) is 3.37. The van der Waals surface area contributed by atoms with Crippen molar-refractivity contribution in [1.29, 1.82) is 0 Å². The SMILES string of the molecule is Cc1cccc(F)c1N1CCC(N2C(=O)Nc3cnn(COCC[Si](C)(C)C)c3C2C)CC1. The summed E-state index contributed by atoms with van der Waals surface area (Å²) in [7, 11) is -1.15. The second-order valence-corrected chi connectivity index (χ2v) is 16.0. The predicted molar refractivity (Wildman–Crippen MR) is 132 cm³/mol. The smallest absolute Gasteiger partial charge is 0.322 e. The average molecular weight is 474 g/mol. The number of piperidine rings is 1. The fourth-order valence-electron chi connectivity index (χ4n) is 4.92. The lowest BCUT2D eigenvalue weighted by molar-refractivity contribution is 0.0701. The lowest BCUT2D eigenvalue weighted by atomic mass is 9.98. The number of aromatic nitrogens is 2. The van der Waals surface area contributed by atoms with Gasteiger partial charge in [0.2, 0.25) is 0 Å². The first-order valence-electron chi connectivity index (χ1n) is 11.9. The third kappa shape index (κ3) is 5.09. The number of urea groups is 1. The van der Waals surface area contributed by atoms with Gasteiger partial charge in [0, 0.05) is 33.8 Å². The van der Waals surface area contributed by atoms with Crippen LogP contribution in [0.1, 0.15) is 37.1 Å². The highest BCUT2D eigenvalue weighted by atomic mass is 28.3. The molecule has 3 heterocycles. The standard InChI is InChI=1S/C24H36FN5O2Si/c1-17-7-6-8-20(25)22(17)28-11-9-19(10-12-28)30-18(2)23-21(27-24(30)31)15-26-29(23)16-32-13-14-33(3,4)5/h6-8,15,18-19H,9-14,16H2,1-5H3,(H,27,31). The number of rotatable bonds is 7. The molecular weight excluding hydrogens is 437 g/mol. The van der Waals surface area contributed by atoms with Gasteiger partial charge in [-0.05, 0) is 44.4 Å². The van der Waals surface area contributed by atoms with Crippen molar-refractivity contribution in [2.75, 3.05) is 29.9 Å². The van der Waals surface area contributed by atoms with Crippen LogP contribution in [-0.4, -0.2) is 54.5 Å². The Kier molecular flexibility index (Phi) is 6.81. The summed E-state index contributed by atoms with van der Waals surface area (Å²) >= 11 is 0. The van der Waals surface area contributed by atoms with Crippen molar-refractivity contribution in [2.24, 2.45) is 0 Å². The molecule has 2 aliphatic rings. The normalized spacial score (nSPS) is 19.6. The molecule has 1 fully saturated rings. The zero-order chi connectivity index (χ0) is 23.8. The molecule has 0 radical (unpaired) electrons. The molecule has 2 aromatic rings. The monoisotopic (exact) mass is 473 g/mol. The van der Waals surface area contributed by atoms with Crippen molar-refractivity contribution < 1.29 is 13.9 Å². The molecule has 0 saturated carbocycles. The number of amides is 2.